The average molecular weight is 514 g/mol. The van der Waals surface area contributed by atoms with Crippen LogP contribution in [0.4, 0.5) is 5.69 Å². The third kappa shape index (κ3) is 4.79. The number of aromatic nitrogens is 3. The van der Waals surface area contributed by atoms with Crippen LogP contribution in [0.5, 0.6) is 0 Å². The monoisotopic (exact) mass is 513 g/mol. The number of amides is 1. The highest BCUT2D eigenvalue weighted by Gasteiger charge is 2.27. The fourth-order valence-corrected chi connectivity index (χ4v) is 4.83. The smallest absolute Gasteiger partial charge is 0.358 e. The van der Waals surface area contributed by atoms with E-state index < -0.39 is 5.97 Å². The number of hydrogen-bond donors (Lipinski definition) is 0. The van der Waals surface area contributed by atoms with Crippen LogP contribution in [-0.4, -0.2) is 64.5 Å². The number of rotatable bonds is 6. The molecule has 1 amide bonds. The number of esters is 1. The minimum atomic E-state index is -0.443. The molecule has 0 atom stereocenters. The highest BCUT2D eigenvalue weighted by atomic mass is 16.5. The van der Waals surface area contributed by atoms with Gasteiger partial charge in [-0.3, -0.25) is 4.79 Å². The number of piperazine rings is 1. The van der Waals surface area contributed by atoms with Gasteiger partial charge in [0, 0.05) is 37.4 Å². The molecule has 1 saturated heterocycles. The molecule has 0 N–H and O–H groups in total. The van der Waals surface area contributed by atoms with E-state index in [0.717, 1.165) is 41.3 Å². The quantitative estimate of drug-likeness (QED) is 0.348. The molecular weight excluding hydrogens is 482 g/mol. The minimum Gasteiger partial charge on any atom is -0.461 e. The molecule has 9 nitrogen and oxygen atoms in total. The van der Waals surface area contributed by atoms with E-state index in [1.165, 1.54) is 0 Å². The molecule has 2 aromatic heterocycles. The van der Waals surface area contributed by atoms with Crippen LogP contribution in [0.2, 0.25) is 0 Å². The van der Waals surface area contributed by atoms with Gasteiger partial charge in [-0.2, -0.15) is 5.10 Å². The molecule has 5 rings (SSSR count). The number of benzene rings is 2. The number of hydrogen-bond acceptors (Lipinski definition) is 7. The van der Waals surface area contributed by atoms with Crippen molar-refractivity contribution in [2.45, 2.75) is 27.7 Å². The van der Waals surface area contributed by atoms with Gasteiger partial charge in [0.05, 0.1) is 23.7 Å². The zero-order chi connectivity index (χ0) is 26.8. The fraction of sp³-hybridized carbons (Fsp3) is 0.310. The van der Waals surface area contributed by atoms with Gasteiger partial charge in [-0.1, -0.05) is 35.5 Å². The first-order chi connectivity index (χ1) is 18.4. The summed E-state index contributed by atoms with van der Waals surface area (Å²) in [5.74, 6) is 0.0846. The van der Waals surface area contributed by atoms with Gasteiger partial charge in [0.2, 0.25) is 0 Å². The summed E-state index contributed by atoms with van der Waals surface area (Å²) in [5, 5.41) is 8.50. The van der Waals surface area contributed by atoms with Gasteiger partial charge in [0.15, 0.2) is 5.69 Å². The molecule has 196 valence electrons. The molecule has 3 heterocycles. The maximum absolute atomic E-state index is 13.0. The molecule has 0 spiro atoms. The molecule has 1 aliphatic rings. The molecular formula is C29H31N5O4. The zero-order valence-corrected chi connectivity index (χ0v) is 22.1. The lowest BCUT2D eigenvalue weighted by atomic mass is 10.1. The van der Waals surface area contributed by atoms with Crippen molar-refractivity contribution in [3.05, 3.63) is 82.9 Å². The molecule has 0 unspecified atom stereocenters. The summed E-state index contributed by atoms with van der Waals surface area (Å²) in [6.45, 7) is 10.3. The van der Waals surface area contributed by atoms with Gasteiger partial charge < -0.3 is 19.1 Å². The first kappa shape index (κ1) is 25.3. The molecule has 2 aromatic carbocycles. The number of ether oxygens (including phenoxy) is 1. The Morgan fingerprint density at radius 1 is 0.974 bits per heavy atom. The summed E-state index contributed by atoms with van der Waals surface area (Å²) in [7, 11) is 0. The lowest BCUT2D eigenvalue weighted by Crippen LogP contribution is -2.49. The van der Waals surface area contributed by atoms with Crippen LogP contribution >= 0.6 is 0 Å². The number of carbonyl (C=O) groups is 2. The van der Waals surface area contributed by atoms with Crippen molar-refractivity contribution in [2.24, 2.45) is 0 Å². The molecule has 0 bridgehead atoms. The fourth-order valence-electron chi connectivity index (χ4n) is 4.83. The Morgan fingerprint density at radius 2 is 1.68 bits per heavy atom. The van der Waals surface area contributed by atoms with Crippen LogP contribution in [0, 0.1) is 20.8 Å². The standard InChI is InChI=1S/C29H31N5O4/c1-5-37-29(36)24-18-26(34(30-24)25-9-7-6-8-19(25)2)22-10-12-23(13-11-22)32-14-16-33(17-15-32)28(35)27-20(3)31-38-21(27)4/h6-13,18H,5,14-17H2,1-4H3. The van der Waals surface area contributed by atoms with Gasteiger partial charge in [-0.05, 0) is 57.5 Å². The van der Waals surface area contributed by atoms with Gasteiger partial charge in [-0.15, -0.1) is 0 Å². The predicted octanol–water partition coefficient (Wildman–Crippen LogP) is 4.59. The Morgan fingerprint density at radius 3 is 2.32 bits per heavy atom. The Kier molecular flexibility index (Phi) is 7.00. The van der Waals surface area contributed by atoms with Gasteiger partial charge in [-0.25, -0.2) is 9.48 Å². The van der Waals surface area contributed by atoms with Crippen molar-refractivity contribution < 1.29 is 18.8 Å². The number of nitrogens with zero attached hydrogens (tertiary/aromatic N) is 5. The van der Waals surface area contributed by atoms with Gasteiger partial charge in [0.25, 0.3) is 5.91 Å². The molecule has 1 aliphatic heterocycles. The van der Waals surface area contributed by atoms with E-state index in [4.69, 9.17) is 9.26 Å². The molecule has 0 radical (unpaired) electrons. The van der Waals surface area contributed by atoms with Crippen molar-refractivity contribution in [1.82, 2.24) is 19.8 Å². The van der Waals surface area contributed by atoms with Crippen molar-refractivity contribution in [3.63, 3.8) is 0 Å². The van der Waals surface area contributed by atoms with Crippen LogP contribution in [0.1, 0.15) is 44.8 Å². The van der Waals surface area contributed by atoms with E-state index >= 15 is 0 Å². The predicted molar refractivity (Wildman–Crippen MR) is 144 cm³/mol. The molecule has 9 heteroatoms. The van der Waals surface area contributed by atoms with Crippen molar-refractivity contribution >= 4 is 17.6 Å². The SMILES string of the molecule is CCOC(=O)c1cc(-c2ccc(N3CCN(C(=O)c4c(C)noc4C)CC3)cc2)n(-c2ccccc2C)n1. The van der Waals surface area contributed by atoms with Crippen LogP contribution in [0.15, 0.2) is 59.1 Å². The Hall–Kier alpha value is -4.40. The summed E-state index contributed by atoms with van der Waals surface area (Å²) in [6.07, 6.45) is 0. The van der Waals surface area contributed by atoms with E-state index in [-0.39, 0.29) is 18.2 Å². The lowest BCUT2D eigenvalue weighted by molar-refractivity contribution is 0.0518. The zero-order valence-electron chi connectivity index (χ0n) is 22.1. The summed E-state index contributed by atoms with van der Waals surface area (Å²) in [4.78, 5) is 29.6. The van der Waals surface area contributed by atoms with Crippen molar-refractivity contribution in [2.75, 3.05) is 37.7 Å². The summed E-state index contributed by atoms with van der Waals surface area (Å²) < 4.78 is 12.2. The molecule has 4 aromatic rings. The van der Waals surface area contributed by atoms with Crippen LogP contribution in [0.3, 0.4) is 0 Å². The highest BCUT2D eigenvalue weighted by Crippen LogP contribution is 2.28. The van der Waals surface area contributed by atoms with Crippen LogP contribution < -0.4 is 4.90 Å². The molecule has 38 heavy (non-hydrogen) atoms. The number of anilines is 1. The van der Waals surface area contributed by atoms with E-state index in [0.29, 0.717) is 30.1 Å². The third-order valence-electron chi connectivity index (χ3n) is 6.88. The van der Waals surface area contributed by atoms with Crippen LogP contribution in [0.25, 0.3) is 16.9 Å². The highest BCUT2D eigenvalue weighted by molar-refractivity contribution is 5.96. The number of carbonyl (C=O) groups excluding carboxylic acids is 2. The second-order valence-corrected chi connectivity index (χ2v) is 9.36. The van der Waals surface area contributed by atoms with E-state index in [1.54, 1.807) is 31.5 Å². The normalized spacial score (nSPS) is 13.6. The Bertz CT molecular complexity index is 1440. The van der Waals surface area contributed by atoms with E-state index in [2.05, 4.69) is 27.3 Å². The lowest BCUT2D eigenvalue weighted by Gasteiger charge is -2.36. The van der Waals surface area contributed by atoms with E-state index in [1.807, 2.05) is 48.2 Å². The second kappa shape index (κ2) is 10.5. The Balaban J connectivity index is 1.35. The maximum atomic E-state index is 13.0. The van der Waals surface area contributed by atoms with Crippen molar-refractivity contribution in [3.8, 4) is 16.9 Å². The second-order valence-electron chi connectivity index (χ2n) is 9.36. The average Bonchev–Trinajstić information content (AvgIpc) is 3.52. The molecule has 1 fully saturated rings. The first-order valence-electron chi connectivity index (χ1n) is 12.8. The first-order valence-corrected chi connectivity index (χ1v) is 12.8. The largest absolute Gasteiger partial charge is 0.461 e. The maximum Gasteiger partial charge on any atom is 0.358 e. The Labute approximate surface area is 221 Å². The van der Waals surface area contributed by atoms with E-state index in [9.17, 15) is 9.59 Å². The number of aryl methyl sites for hydroxylation is 3. The van der Waals surface area contributed by atoms with Crippen LogP contribution in [-0.2, 0) is 4.74 Å². The molecule has 0 aliphatic carbocycles. The summed E-state index contributed by atoms with van der Waals surface area (Å²) in [5.41, 5.74) is 6.24. The van der Waals surface area contributed by atoms with Gasteiger partial charge >= 0.3 is 5.97 Å². The number of para-hydroxylation sites is 1. The topological polar surface area (TPSA) is 93.7 Å². The van der Waals surface area contributed by atoms with Crippen molar-refractivity contribution in [1.29, 1.82) is 0 Å². The summed E-state index contributed by atoms with van der Waals surface area (Å²) in [6, 6.07) is 17.9. The molecule has 0 saturated carbocycles. The minimum absolute atomic E-state index is 0.0295. The third-order valence-corrected chi connectivity index (χ3v) is 6.88. The summed E-state index contributed by atoms with van der Waals surface area (Å²) >= 11 is 0. The van der Waals surface area contributed by atoms with Gasteiger partial charge in [0.1, 0.15) is 11.3 Å².